The largest absolute Gasteiger partial charge is 0.383 e. The number of halogens is 1. The normalized spacial score (nSPS) is 18.8. The van der Waals surface area contributed by atoms with Gasteiger partial charge in [0.2, 0.25) is 17.8 Å². The van der Waals surface area contributed by atoms with Crippen molar-refractivity contribution in [3.63, 3.8) is 0 Å². The number of ether oxygens (including phenoxy) is 1. The molecular weight excluding hydrogens is 396 g/mol. The molecule has 1 saturated heterocycles. The molecule has 2 aliphatic rings. The van der Waals surface area contributed by atoms with Crippen LogP contribution in [0.5, 0.6) is 0 Å². The predicted molar refractivity (Wildman–Crippen MR) is 110 cm³/mol. The third-order valence-corrected chi connectivity index (χ3v) is 5.42. The Morgan fingerprint density at radius 2 is 2.10 bits per heavy atom. The summed E-state index contributed by atoms with van der Waals surface area (Å²) in [6.07, 6.45) is -0.0388. The summed E-state index contributed by atoms with van der Waals surface area (Å²) in [5.74, 6) is -0.592. The third-order valence-electron chi connectivity index (χ3n) is 5.01. The summed E-state index contributed by atoms with van der Waals surface area (Å²) < 4.78 is 5.34. The Bertz CT molecular complexity index is 977. The van der Waals surface area contributed by atoms with Gasteiger partial charge in [-0.1, -0.05) is 17.7 Å². The summed E-state index contributed by atoms with van der Waals surface area (Å²) in [4.78, 5) is 36.0. The quantitative estimate of drug-likeness (QED) is 0.698. The maximum atomic E-state index is 12.9. The van der Waals surface area contributed by atoms with E-state index in [-0.39, 0.29) is 29.9 Å². The van der Waals surface area contributed by atoms with E-state index in [1.165, 1.54) is 0 Å². The molecule has 0 radical (unpaired) electrons. The molecule has 10 heteroatoms. The van der Waals surface area contributed by atoms with Crippen molar-refractivity contribution in [3.05, 3.63) is 34.3 Å². The number of aryl methyl sites for hydroxylation is 1. The zero-order chi connectivity index (χ0) is 20.5. The summed E-state index contributed by atoms with van der Waals surface area (Å²) in [6.45, 7) is 4.27. The van der Waals surface area contributed by atoms with E-state index in [0.717, 1.165) is 5.56 Å². The molecule has 2 amide bonds. The zero-order valence-corrected chi connectivity index (χ0v) is 16.6. The van der Waals surface area contributed by atoms with Crippen LogP contribution in [0.3, 0.4) is 0 Å². The van der Waals surface area contributed by atoms with Crippen molar-refractivity contribution in [3.8, 4) is 0 Å². The molecule has 0 saturated carbocycles. The molecule has 2 aliphatic heterocycles. The highest BCUT2D eigenvalue weighted by Gasteiger charge is 2.35. The molecular formula is C19H21ClN6O3. The van der Waals surface area contributed by atoms with Crippen LogP contribution in [0.1, 0.15) is 23.5 Å². The molecule has 1 unspecified atom stereocenters. The first kappa shape index (κ1) is 19.4. The fourth-order valence-corrected chi connectivity index (χ4v) is 3.59. The van der Waals surface area contributed by atoms with E-state index in [9.17, 15) is 9.59 Å². The number of carbonyl (C=O) groups is 2. The van der Waals surface area contributed by atoms with Gasteiger partial charge in [-0.15, -0.1) is 0 Å². The fourth-order valence-electron chi connectivity index (χ4n) is 3.41. The van der Waals surface area contributed by atoms with Crippen molar-refractivity contribution in [2.45, 2.75) is 19.3 Å². The van der Waals surface area contributed by atoms with Crippen LogP contribution in [0.25, 0.3) is 0 Å². The lowest BCUT2D eigenvalue weighted by Crippen LogP contribution is -2.38. The topological polar surface area (TPSA) is 122 Å². The maximum absolute atomic E-state index is 12.9. The Morgan fingerprint density at radius 1 is 1.34 bits per heavy atom. The Balaban J connectivity index is 1.63. The number of nitrogens with zero attached hydrogens (tertiary/aromatic N) is 3. The van der Waals surface area contributed by atoms with Gasteiger partial charge in [0.1, 0.15) is 11.6 Å². The standard InChI is InChI=1S/C19H21ClN6O3/c1-10-2-3-11(8-13(10)20)22-18(28)12-9-14(27)23-17-15(12)16(21)24-19(25-17)26-4-6-29-7-5-26/h2-3,8,12H,4-7,9H2,1H3,(H,22,28)(H3,21,23,24,25,27). The number of nitrogens with one attached hydrogen (secondary N) is 2. The van der Waals surface area contributed by atoms with E-state index in [4.69, 9.17) is 22.1 Å². The number of nitrogen functional groups attached to an aromatic ring is 1. The van der Waals surface area contributed by atoms with Crippen LogP contribution in [0, 0.1) is 6.92 Å². The number of anilines is 4. The number of carbonyl (C=O) groups excluding carboxylic acids is 2. The second-order valence-electron chi connectivity index (χ2n) is 7.03. The average molecular weight is 417 g/mol. The summed E-state index contributed by atoms with van der Waals surface area (Å²) in [7, 11) is 0. The number of rotatable bonds is 3. The van der Waals surface area contributed by atoms with Crippen molar-refractivity contribution < 1.29 is 14.3 Å². The van der Waals surface area contributed by atoms with E-state index < -0.39 is 5.92 Å². The molecule has 1 atom stereocenters. The first-order valence-electron chi connectivity index (χ1n) is 9.29. The Hall–Kier alpha value is -2.91. The number of morpholine rings is 1. The van der Waals surface area contributed by atoms with Gasteiger partial charge in [0.05, 0.1) is 24.7 Å². The number of hydrogen-bond donors (Lipinski definition) is 3. The molecule has 9 nitrogen and oxygen atoms in total. The summed E-state index contributed by atoms with van der Waals surface area (Å²) >= 11 is 6.13. The van der Waals surface area contributed by atoms with E-state index in [0.29, 0.717) is 48.5 Å². The van der Waals surface area contributed by atoms with Crippen LogP contribution in [0.2, 0.25) is 5.02 Å². The van der Waals surface area contributed by atoms with Crippen molar-refractivity contribution in [2.75, 3.05) is 47.6 Å². The number of fused-ring (bicyclic) bond motifs is 1. The lowest BCUT2D eigenvalue weighted by Gasteiger charge is -2.30. The summed E-state index contributed by atoms with van der Waals surface area (Å²) in [6, 6.07) is 5.23. The zero-order valence-electron chi connectivity index (χ0n) is 15.9. The Labute approximate surface area is 172 Å². The number of hydrogen-bond acceptors (Lipinski definition) is 7. The second-order valence-corrected chi connectivity index (χ2v) is 7.44. The number of benzene rings is 1. The van der Waals surface area contributed by atoms with E-state index in [2.05, 4.69) is 20.6 Å². The van der Waals surface area contributed by atoms with Crippen LogP contribution in [-0.2, 0) is 14.3 Å². The third kappa shape index (κ3) is 3.96. The average Bonchev–Trinajstić information content (AvgIpc) is 2.70. The van der Waals surface area contributed by atoms with Gasteiger partial charge in [-0.2, -0.15) is 9.97 Å². The van der Waals surface area contributed by atoms with E-state index >= 15 is 0 Å². The lowest BCUT2D eigenvalue weighted by molar-refractivity contribution is -0.123. The van der Waals surface area contributed by atoms with E-state index in [1.54, 1.807) is 12.1 Å². The number of aromatic nitrogens is 2. The van der Waals surface area contributed by atoms with Gasteiger partial charge in [0.25, 0.3) is 0 Å². The SMILES string of the molecule is Cc1ccc(NC(=O)C2CC(=O)Nc3nc(N4CCOCC4)nc(N)c32)cc1Cl. The molecule has 0 spiro atoms. The molecule has 4 rings (SSSR count). The highest BCUT2D eigenvalue weighted by Crippen LogP contribution is 2.36. The monoisotopic (exact) mass is 416 g/mol. The molecule has 0 bridgehead atoms. The van der Waals surface area contributed by atoms with Gasteiger partial charge in [-0.3, -0.25) is 9.59 Å². The molecule has 1 fully saturated rings. The van der Waals surface area contributed by atoms with Gasteiger partial charge in [0, 0.05) is 30.2 Å². The molecule has 1 aromatic heterocycles. The Kier molecular flexibility index (Phi) is 5.25. The summed E-state index contributed by atoms with van der Waals surface area (Å²) in [5, 5.41) is 6.07. The van der Waals surface area contributed by atoms with Crippen molar-refractivity contribution in [2.24, 2.45) is 0 Å². The van der Waals surface area contributed by atoms with E-state index in [1.807, 2.05) is 17.9 Å². The molecule has 0 aliphatic carbocycles. The van der Waals surface area contributed by atoms with Gasteiger partial charge in [0.15, 0.2) is 0 Å². The van der Waals surface area contributed by atoms with Gasteiger partial charge in [-0.05, 0) is 24.6 Å². The summed E-state index contributed by atoms with van der Waals surface area (Å²) in [5.41, 5.74) is 8.07. The highest BCUT2D eigenvalue weighted by atomic mass is 35.5. The highest BCUT2D eigenvalue weighted by molar-refractivity contribution is 6.31. The van der Waals surface area contributed by atoms with Gasteiger partial charge >= 0.3 is 0 Å². The lowest BCUT2D eigenvalue weighted by atomic mass is 9.92. The minimum atomic E-state index is -0.794. The maximum Gasteiger partial charge on any atom is 0.232 e. The smallest absolute Gasteiger partial charge is 0.232 e. The predicted octanol–water partition coefficient (Wildman–Crippen LogP) is 1.92. The molecule has 4 N–H and O–H groups in total. The van der Waals surface area contributed by atoms with Crippen molar-refractivity contribution in [1.82, 2.24) is 9.97 Å². The molecule has 3 heterocycles. The fraction of sp³-hybridized carbons (Fsp3) is 0.368. The van der Waals surface area contributed by atoms with Crippen LogP contribution in [0.15, 0.2) is 18.2 Å². The minimum Gasteiger partial charge on any atom is -0.383 e. The van der Waals surface area contributed by atoms with Gasteiger partial charge in [-0.25, -0.2) is 0 Å². The number of amides is 2. The Morgan fingerprint density at radius 3 is 2.83 bits per heavy atom. The number of nitrogens with two attached hydrogens (primary N) is 1. The molecule has 2 aromatic rings. The van der Waals surface area contributed by atoms with Crippen LogP contribution in [0.4, 0.5) is 23.3 Å². The van der Waals surface area contributed by atoms with Gasteiger partial charge < -0.3 is 26.0 Å². The van der Waals surface area contributed by atoms with Crippen LogP contribution in [-0.4, -0.2) is 48.1 Å². The van der Waals surface area contributed by atoms with Crippen molar-refractivity contribution in [1.29, 1.82) is 0 Å². The van der Waals surface area contributed by atoms with Crippen LogP contribution >= 0.6 is 11.6 Å². The molecule has 152 valence electrons. The first-order valence-corrected chi connectivity index (χ1v) is 9.67. The molecule has 29 heavy (non-hydrogen) atoms. The molecule has 1 aromatic carbocycles. The van der Waals surface area contributed by atoms with Crippen LogP contribution < -0.4 is 21.3 Å². The van der Waals surface area contributed by atoms with Crippen molar-refractivity contribution >= 4 is 46.7 Å². The second kappa shape index (κ2) is 7.84. The first-order chi connectivity index (χ1) is 13.9. The minimum absolute atomic E-state index is 0.0388.